The summed E-state index contributed by atoms with van der Waals surface area (Å²) in [4.78, 5) is 11.9. The first-order chi connectivity index (χ1) is 9.10. The Kier molecular flexibility index (Phi) is 3.70. The van der Waals surface area contributed by atoms with Gasteiger partial charge in [-0.05, 0) is 24.3 Å². The van der Waals surface area contributed by atoms with Gasteiger partial charge in [-0.3, -0.25) is 9.48 Å². The number of benzene rings is 1. The Morgan fingerprint density at radius 2 is 2.26 bits per heavy atom. The van der Waals surface area contributed by atoms with Crippen LogP contribution in [-0.2, 0) is 13.6 Å². The van der Waals surface area contributed by atoms with Crippen LogP contribution in [0.15, 0.2) is 30.5 Å². The number of carbonyl (C=O) groups is 1. The van der Waals surface area contributed by atoms with Gasteiger partial charge in [-0.2, -0.15) is 5.10 Å². The monoisotopic (exact) mass is 260 g/mol. The van der Waals surface area contributed by atoms with E-state index in [1.807, 2.05) is 19.3 Å². The Balaban J connectivity index is 2.01. The third-order valence-corrected chi connectivity index (χ3v) is 2.69. The van der Waals surface area contributed by atoms with Crippen LogP contribution in [0.2, 0.25) is 0 Å². The largest absolute Gasteiger partial charge is 0.495 e. The van der Waals surface area contributed by atoms with Gasteiger partial charge in [-0.15, -0.1) is 0 Å². The minimum atomic E-state index is -0.194. The molecular weight excluding hydrogens is 244 g/mol. The van der Waals surface area contributed by atoms with Crippen LogP contribution in [0, 0.1) is 0 Å². The molecule has 0 fully saturated rings. The number of nitrogens with two attached hydrogens (primary N) is 1. The molecule has 100 valence electrons. The number of nitrogens with one attached hydrogen (secondary N) is 1. The zero-order valence-corrected chi connectivity index (χ0v) is 10.9. The molecule has 1 heterocycles. The molecule has 3 N–H and O–H groups in total. The number of hydrogen-bond acceptors (Lipinski definition) is 4. The zero-order chi connectivity index (χ0) is 13.8. The number of nitrogen functional groups attached to an aromatic ring is 1. The van der Waals surface area contributed by atoms with Crippen LogP contribution in [0.25, 0.3) is 0 Å². The first kappa shape index (κ1) is 12.9. The molecule has 19 heavy (non-hydrogen) atoms. The van der Waals surface area contributed by atoms with E-state index in [1.165, 1.54) is 7.11 Å². The molecule has 0 spiro atoms. The Morgan fingerprint density at radius 1 is 1.47 bits per heavy atom. The Hall–Kier alpha value is -2.50. The lowest BCUT2D eigenvalue weighted by Gasteiger charge is -2.07. The van der Waals surface area contributed by atoms with Gasteiger partial charge in [0.15, 0.2) is 0 Å². The summed E-state index contributed by atoms with van der Waals surface area (Å²) < 4.78 is 6.73. The maximum atomic E-state index is 11.9. The molecule has 0 aliphatic rings. The molecule has 1 aromatic heterocycles. The number of anilines is 1. The van der Waals surface area contributed by atoms with Crippen LogP contribution in [-0.4, -0.2) is 22.8 Å². The molecule has 0 aliphatic carbocycles. The van der Waals surface area contributed by atoms with Crippen molar-refractivity contribution in [3.63, 3.8) is 0 Å². The van der Waals surface area contributed by atoms with E-state index in [1.54, 1.807) is 22.9 Å². The highest BCUT2D eigenvalue weighted by molar-refractivity contribution is 5.95. The highest BCUT2D eigenvalue weighted by Gasteiger charge is 2.08. The van der Waals surface area contributed by atoms with Crippen molar-refractivity contribution in [2.24, 2.45) is 7.05 Å². The van der Waals surface area contributed by atoms with Crippen LogP contribution in [0.5, 0.6) is 5.75 Å². The van der Waals surface area contributed by atoms with Gasteiger partial charge < -0.3 is 15.8 Å². The van der Waals surface area contributed by atoms with Crippen LogP contribution >= 0.6 is 0 Å². The molecule has 0 bridgehead atoms. The van der Waals surface area contributed by atoms with E-state index in [2.05, 4.69) is 10.4 Å². The molecule has 0 saturated carbocycles. The average Bonchev–Trinajstić information content (AvgIpc) is 2.81. The second-order valence-corrected chi connectivity index (χ2v) is 4.12. The minimum absolute atomic E-state index is 0.194. The average molecular weight is 260 g/mol. The van der Waals surface area contributed by atoms with E-state index in [-0.39, 0.29) is 5.91 Å². The van der Waals surface area contributed by atoms with Gasteiger partial charge in [0.2, 0.25) is 0 Å². The lowest BCUT2D eigenvalue weighted by atomic mass is 10.1. The van der Waals surface area contributed by atoms with E-state index in [0.717, 1.165) is 5.69 Å². The third-order valence-electron chi connectivity index (χ3n) is 2.69. The fourth-order valence-electron chi connectivity index (χ4n) is 1.71. The molecule has 2 rings (SSSR count). The number of ether oxygens (including phenoxy) is 1. The van der Waals surface area contributed by atoms with Crippen molar-refractivity contribution < 1.29 is 9.53 Å². The van der Waals surface area contributed by atoms with Crippen LogP contribution < -0.4 is 15.8 Å². The standard InChI is InChI=1S/C13H16N4O2/c1-17-6-5-10(16-17)8-15-13(18)9-3-4-12(19-2)11(14)7-9/h3-7H,8,14H2,1-2H3,(H,15,18). The van der Waals surface area contributed by atoms with Crippen LogP contribution in [0.4, 0.5) is 5.69 Å². The summed E-state index contributed by atoms with van der Waals surface area (Å²) in [6, 6.07) is 6.78. The number of aryl methyl sites for hydroxylation is 1. The maximum Gasteiger partial charge on any atom is 0.251 e. The summed E-state index contributed by atoms with van der Waals surface area (Å²) in [6.45, 7) is 0.381. The molecule has 0 radical (unpaired) electrons. The predicted molar refractivity (Wildman–Crippen MR) is 71.8 cm³/mol. The number of hydrogen-bond donors (Lipinski definition) is 2. The fourth-order valence-corrected chi connectivity index (χ4v) is 1.71. The van der Waals surface area contributed by atoms with Gasteiger partial charge in [-0.1, -0.05) is 0 Å². The van der Waals surface area contributed by atoms with Gasteiger partial charge in [0.05, 0.1) is 25.0 Å². The Bertz CT molecular complexity index is 592. The first-order valence-corrected chi connectivity index (χ1v) is 5.80. The number of aromatic nitrogens is 2. The summed E-state index contributed by atoms with van der Waals surface area (Å²) in [6.07, 6.45) is 1.83. The minimum Gasteiger partial charge on any atom is -0.495 e. The molecule has 0 aliphatic heterocycles. The van der Waals surface area contributed by atoms with Crippen molar-refractivity contribution >= 4 is 11.6 Å². The maximum absolute atomic E-state index is 11.9. The van der Waals surface area contributed by atoms with Gasteiger partial charge in [0, 0.05) is 18.8 Å². The summed E-state index contributed by atoms with van der Waals surface area (Å²) in [7, 11) is 3.36. The Morgan fingerprint density at radius 3 is 2.84 bits per heavy atom. The predicted octanol–water partition coefficient (Wildman–Crippen LogP) is 0.941. The van der Waals surface area contributed by atoms with E-state index in [4.69, 9.17) is 10.5 Å². The topological polar surface area (TPSA) is 82.2 Å². The number of methoxy groups -OCH3 is 1. The van der Waals surface area contributed by atoms with Crippen molar-refractivity contribution in [1.82, 2.24) is 15.1 Å². The lowest BCUT2D eigenvalue weighted by Crippen LogP contribution is -2.23. The van der Waals surface area contributed by atoms with Crippen molar-refractivity contribution in [2.75, 3.05) is 12.8 Å². The van der Waals surface area contributed by atoms with Gasteiger partial charge >= 0.3 is 0 Å². The van der Waals surface area contributed by atoms with Crippen LogP contribution in [0.3, 0.4) is 0 Å². The fraction of sp³-hybridized carbons (Fsp3) is 0.231. The second-order valence-electron chi connectivity index (χ2n) is 4.12. The number of nitrogens with zero attached hydrogens (tertiary/aromatic N) is 2. The van der Waals surface area contributed by atoms with Gasteiger partial charge in [0.1, 0.15) is 5.75 Å². The normalized spacial score (nSPS) is 10.2. The van der Waals surface area contributed by atoms with Gasteiger partial charge in [-0.25, -0.2) is 0 Å². The summed E-state index contributed by atoms with van der Waals surface area (Å²) in [5.74, 6) is 0.362. The van der Waals surface area contributed by atoms with Crippen molar-refractivity contribution in [3.8, 4) is 5.75 Å². The van der Waals surface area contributed by atoms with E-state index in [9.17, 15) is 4.79 Å². The van der Waals surface area contributed by atoms with Crippen molar-refractivity contribution in [1.29, 1.82) is 0 Å². The molecule has 6 nitrogen and oxygen atoms in total. The SMILES string of the molecule is COc1ccc(C(=O)NCc2ccn(C)n2)cc1N. The molecule has 2 aromatic rings. The van der Waals surface area contributed by atoms with Crippen LogP contribution in [0.1, 0.15) is 16.1 Å². The molecular formula is C13H16N4O2. The number of amides is 1. The van der Waals surface area contributed by atoms with Crippen molar-refractivity contribution in [3.05, 3.63) is 41.7 Å². The number of carbonyl (C=O) groups excluding carboxylic acids is 1. The molecule has 0 atom stereocenters. The zero-order valence-electron chi connectivity index (χ0n) is 10.9. The highest BCUT2D eigenvalue weighted by Crippen LogP contribution is 2.21. The molecule has 1 aromatic carbocycles. The van der Waals surface area contributed by atoms with Crippen molar-refractivity contribution in [2.45, 2.75) is 6.54 Å². The van der Waals surface area contributed by atoms with E-state index >= 15 is 0 Å². The summed E-state index contributed by atoms with van der Waals surface area (Å²) >= 11 is 0. The highest BCUT2D eigenvalue weighted by atomic mass is 16.5. The van der Waals surface area contributed by atoms with E-state index < -0.39 is 0 Å². The first-order valence-electron chi connectivity index (χ1n) is 5.80. The molecule has 0 unspecified atom stereocenters. The summed E-state index contributed by atoms with van der Waals surface area (Å²) in [5.41, 5.74) is 7.50. The molecule has 6 heteroatoms. The quantitative estimate of drug-likeness (QED) is 0.801. The third kappa shape index (κ3) is 3.04. The molecule has 1 amide bonds. The van der Waals surface area contributed by atoms with Gasteiger partial charge in [0.25, 0.3) is 5.91 Å². The Labute approximate surface area is 111 Å². The second kappa shape index (κ2) is 5.43. The molecule has 0 saturated heterocycles. The smallest absolute Gasteiger partial charge is 0.251 e. The lowest BCUT2D eigenvalue weighted by molar-refractivity contribution is 0.0950. The van der Waals surface area contributed by atoms with E-state index in [0.29, 0.717) is 23.5 Å². The number of rotatable bonds is 4. The summed E-state index contributed by atoms with van der Waals surface area (Å²) in [5, 5.41) is 6.96.